The zero-order valence-corrected chi connectivity index (χ0v) is 17.5. The van der Waals surface area contributed by atoms with E-state index in [1.165, 1.54) is 48.8 Å². The first-order chi connectivity index (χ1) is 15.4. The number of hydrogen-bond acceptors (Lipinski definition) is 6. The number of amides is 1. The summed E-state index contributed by atoms with van der Waals surface area (Å²) in [5, 5.41) is 12.3. The molecule has 1 heterocycles. The van der Waals surface area contributed by atoms with Crippen molar-refractivity contribution in [3.63, 3.8) is 0 Å². The van der Waals surface area contributed by atoms with Gasteiger partial charge in [-0.15, -0.1) is 0 Å². The summed E-state index contributed by atoms with van der Waals surface area (Å²) in [4.78, 5) is 21.1. The average molecular weight is 446 g/mol. The van der Waals surface area contributed by atoms with E-state index in [4.69, 9.17) is 0 Å². The molecule has 4 rings (SSSR count). The van der Waals surface area contributed by atoms with Crippen molar-refractivity contribution in [3.8, 4) is 17.1 Å². The largest absolute Gasteiger partial charge is 0.508 e. The topological polar surface area (TPSA) is 121 Å². The number of phenols is 1. The minimum Gasteiger partial charge on any atom is -0.508 e. The van der Waals surface area contributed by atoms with Gasteiger partial charge in [0.15, 0.2) is 5.82 Å². The molecule has 0 spiro atoms. The highest BCUT2D eigenvalue weighted by atomic mass is 32.2. The Balaban J connectivity index is 1.42. The number of sulfonamides is 1. The van der Waals surface area contributed by atoms with Crippen LogP contribution in [0.3, 0.4) is 0 Å². The third-order valence-electron chi connectivity index (χ3n) is 4.47. The number of hydrogen-bond donors (Lipinski definition) is 3. The lowest BCUT2D eigenvalue weighted by Gasteiger charge is -2.09. The molecule has 0 saturated heterocycles. The number of phenolic OH excluding ortho intramolecular Hbond substituents is 1. The van der Waals surface area contributed by atoms with Gasteiger partial charge in [0.1, 0.15) is 5.75 Å². The fourth-order valence-electron chi connectivity index (χ4n) is 2.89. The Morgan fingerprint density at radius 3 is 2.16 bits per heavy atom. The number of carbonyl (C=O) groups is 1. The van der Waals surface area contributed by atoms with Gasteiger partial charge in [-0.3, -0.25) is 9.52 Å². The molecular weight excluding hydrogens is 428 g/mol. The van der Waals surface area contributed by atoms with Crippen molar-refractivity contribution in [2.75, 3.05) is 10.0 Å². The van der Waals surface area contributed by atoms with Crippen LogP contribution in [0.2, 0.25) is 0 Å². The maximum Gasteiger partial charge on any atom is 0.261 e. The summed E-state index contributed by atoms with van der Waals surface area (Å²) in [5.41, 5.74) is 1.72. The number of benzene rings is 3. The average Bonchev–Trinajstić information content (AvgIpc) is 2.80. The highest BCUT2D eigenvalue weighted by molar-refractivity contribution is 7.92. The van der Waals surface area contributed by atoms with E-state index in [0.717, 1.165) is 0 Å². The monoisotopic (exact) mass is 446 g/mol. The highest BCUT2D eigenvalue weighted by Crippen LogP contribution is 2.21. The molecule has 8 nitrogen and oxygen atoms in total. The van der Waals surface area contributed by atoms with Crippen LogP contribution < -0.4 is 10.0 Å². The smallest absolute Gasteiger partial charge is 0.261 e. The van der Waals surface area contributed by atoms with Crippen molar-refractivity contribution >= 4 is 27.3 Å². The molecule has 0 atom stereocenters. The van der Waals surface area contributed by atoms with Gasteiger partial charge in [-0.2, -0.15) is 0 Å². The molecule has 1 aromatic heterocycles. The van der Waals surface area contributed by atoms with Crippen molar-refractivity contribution in [1.29, 1.82) is 0 Å². The Hall–Kier alpha value is -4.24. The Kier molecular flexibility index (Phi) is 5.82. The summed E-state index contributed by atoms with van der Waals surface area (Å²) in [6.45, 7) is 0. The van der Waals surface area contributed by atoms with Gasteiger partial charge in [-0.1, -0.05) is 30.3 Å². The van der Waals surface area contributed by atoms with Crippen LogP contribution in [0, 0.1) is 0 Å². The van der Waals surface area contributed by atoms with E-state index < -0.39 is 15.9 Å². The van der Waals surface area contributed by atoms with Gasteiger partial charge in [0.05, 0.1) is 23.0 Å². The van der Waals surface area contributed by atoms with Crippen LogP contribution in [0.1, 0.15) is 10.4 Å². The van der Waals surface area contributed by atoms with Crippen molar-refractivity contribution in [3.05, 3.63) is 96.8 Å². The molecule has 0 radical (unpaired) electrons. The SMILES string of the molecule is O=C(Nc1cnc(-c2cccc(O)c2)nc1)c1ccc(NS(=O)(=O)c2ccccc2)cc1. The maximum atomic E-state index is 12.5. The van der Waals surface area contributed by atoms with Gasteiger partial charge in [-0.05, 0) is 48.5 Å². The number of carbonyl (C=O) groups excluding carboxylic acids is 1. The third kappa shape index (κ3) is 4.90. The molecule has 3 N–H and O–H groups in total. The zero-order chi connectivity index (χ0) is 22.6. The molecule has 0 aliphatic carbocycles. The summed E-state index contributed by atoms with van der Waals surface area (Å²) in [7, 11) is -3.71. The lowest BCUT2D eigenvalue weighted by Crippen LogP contribution is -2.14. The summed E-state index contributed by atoms with van der Waals surface area (Å²) in [5.74, 6) is 0.128. The van der Waals surface area contributed by atoms with Gasteiger partial charge in [0.2, 0.25) is 0 Å². The molecule has 160 valence electrons. The predicted octanol–water partition coefficient (Wildman–Crippen LogP) is 3.90. The Morgan fingerprint density at radius 1 is 0.812 bits per heavy atom. The first kappa shape index (κ1) is 21.0. The molecule has 0 bridgehead atoms. The molecule has 0 aliphatic heterocycles. The van der Waals surface area contributed by atoms with E-state index >= 15 is 0 Å². The van der Waals surface area contributed by atoms with E-state index in [2.05, 4.69) is 20.0 Å². The lowest BCUT2D eigenvalue weighted by molar-refractivity contribution is 0.102. The molecule has 0 aliphatic rings. The van der Waals surface area contributed by atoms with Gasteiger partial charge in [-0.25, -0.2) is 18.4 Å². The summed E-state index contributed by atoms with van der Waals surface area (Å²) < 4.78 is 27.3. The fourth-order valence-corrected chi connectivity index (χ4v) is 3.97. The molecule has 0 saturated carbocycles. The van der Waals surface area contributed by atoms with Crippen LogP contribution in [0.15, 0.2) is 96.2 Å². The van der Waals surface area contributed by atoms with Crippen molar-refractivity contribution < 1.29 is 18.3 Å². The summed E-state index contributed by atoms with van der Waals surface area (Å²) >= 11 is 0. The molecule has 0 fully saturated rings. The minimum atomic E-state index is -3.71. The van der Waals surface area contributed by atoms with Crippen molar-refractivity contribution in [1.82, 2.24) is 9.97 Å². The maximum absolute atomic E-state index is 12.5. The molecule has 32 heavy (non-hydrogen) atoms. The number of rotatable bonds is 6. The van der Waals surface area contributed by atoms with E-state index in [-0.39, 0.29) is 10.6 Å². The van der Waals surface area contributed by atoms with Gasteiger partial charge >= 0.3 is 0 Å². The minimum absolute atomic E-state index is 0.109. The second-order valence-electron chi connectivity index (χ2n) is 6.80. The van der Waals surface area contributed by atoms with Crippen LogP contribution in [0.25, 0.3) is 11.4 Å². The zero-order valence-electron chi connectivity index (χ0n) is 16.6. The van der Waals surface area contributed by atoms with Crippen LogP contribution >= 0.6 is 0 Å². The van der Waals surface area contributed by atoms with E-state index in [1.54, 1.807) is 42.5 Å². The number of aromatic hydroxyl groups is 1. The quantitative estimate of drug-likeness (QED) is 0.413. The molecule has 0 unspecified atom stereocenters. The number of nitrogens with one attached hydrogen (secondary N) is 2. The molecule has 3 aromatic carbocycles. The number of nitrogens with zero attached hydrogens (tertiary/aromatic N) is 2. The Bertz CT molecular complexity index is 1340. The van der Waals surface area contributed by atoms with Gasteiger partial charge in [0, 0.05) is 16.8 Å². The Labute approximate surface area is 184 Å². The summed E-state index contributed by atoms with van der Waals surface area (Å²) in [6.07, 6.45) is 2.93. The normalized spacial score (nSPS) is 11.0. The first-order valence-electron chi connectivity index (χ1n) is 9.51. The van der Waals surface area contributed by atoms with E-state index in [1.807, 2.05) is 0 Å². The van der Waals surface area contributed by atoms with Crippen LogP contribution in [-0.4, -0.2) is 29.4 Å². The Morgan fingerprint density at radius 2 is 1.50 bits per heavy atom. The van der Waals surface area contributed by atoms with Crippen LogP contribution in [0.5, 0.6) is 5.75 Å². The van der Waals surface area contributed by atoms with Crippen LogP contribution in [-0.2, 0) is 10.0 Å². The second-order valence-corrected chi connectivity index (χ2v) is 8.48. The third-order valence-corrected chi connectivity index (χ3v) is 5.86. The molecule has 9 heteroatoms. The van der Waals surface area contributed by atoms with Crippen LogP contribution in [0.4, 0.5) is 11.4 Å². The highest BCUT2D eigenvalue weighted by Gasteiger charge is 2.14. The van der Waals surface area contributed by atoms with Crippen molar-refractivity contribution in [2.45, 2.75) is 4.90 Å². The van der Waals surface area contributed by atoms with E-state index in [0.29, 0.717) is 28.3 Å². The molecular formula is C23H18N4O4S. The molecule has 1 amide bonds. The van der Waals surface area contributed by atoms with Crippen molar-refractivity contribution in [2.24, 2.45) is 0 Å². The second kappa shape index (κ2) is 8.86. The van der Waals surface area contributed by atoms with E-state index in [9.17, 15) is 18.3 Å². The first-order valence-corrected chi connectivity index (χ1v) is 11.0. The van der Waals surface area contributed by atoms with Gasteiger partial charge < -0.3 is 10.4 Å². The predicted molar refractivity (Wildman–Crippen MR) is 121 cm³/mol. The number of aromatic nitrogens is 2. The fraction of sp³-hybridized carbons (Fsp3) is 0. The molecule has 4 aromatic rings. The standard InChI is InChI=1S/C23H18N4O4S/c28-20-6-4-5-17(13-20)22-24-14-19(15-25-22)26-23(29)16-9-11-18(12-10-16)27-32(30,31)21-7-2-1-3-8-21/h1-15,27-28H,(H,26,29). The lowest BCUT2D eigenvalue weighted by atomic mass is 10.2. The summed E-state index contributed by atoms with van der Waals surface area (Å²) in [6, 6.07) is 20.6. The van der Waals surface area contributed by atoms with Gasteiger partial charge in [0.25, 0.3) is 15.9 Å². The number of anilines is 2.